The van der Waals surface area contributed by atoms with E-state index < -0.39 is 41.6 Å². The van der Waals surface area contributed by atoms with Gasteiger partial charge in [0.2, 0.25) is 5.82 Å². The Kier molecular flexibility index (Phi) is 2.86. The van der Waals surface area contributed by atoms with E-state index in [2.05, 4.69) is 0 Å². The standard InChI is InChI=1S/C9H11FN2O5/c1-3-5(13)6(14)8(17-3)12-2-4(10)7(15)11-9(12)16/h2-3,5-6,8,13-14H,1H3,(H,11,15,16)/t3-,5+,6?,8-/m0/s1/i9+1,11+1,12+1. The van der Waals surface area contributed by atoms with Crippen molar-refractivity contribution < 1.29 is 19.3 Å². The first-order chi connectivity index (χ1) is 7.91. The number of halogens is 1. The van der Waals surface area contributed by atoms with Gasteiger partial charge in [-0.2, -0.15) is 4.39 Å². The number of nitrogens with zero attached hydrogens (tertiary/aromatic N) is 1. The first kappa shape index (κ1) is 12.0. The van der Waals surface area contributed by atoms with E-state index in [0.29, 0.717) is 10.8 Å². The Balaban J connectivity index is 2.46. The summed E-state index contributed by atoms with van der Waals surface area (Å²) in [4.78, 5) is 24.0. The molecule has 94 valence electrons. The predicted octanol–water partition coefficient (Wildman–Crippen LogP) is -1.69. The Morgan fingerprint density at radius 2 is 2.06 bits per heavy atom. The monoisotopic (exact) mass is 249 g/mol. The highest BCUT2D eigenvalue weighted by atomic mass is 19.1. The molecule has 0 spiro atoms. The van der Waals surface area contributed by atoms with Crippen LogP contribution in [0.1, 0.15) is 13.2 Å². The molecule has 1 unspecified atom stereocenters. The average molecular weight is 249 g/mol. The molecule has 0 amide bonds. The van der Waals surface area contributed by atoms with Crippen molar-refractivity contribution in [2.24, 2.45) is 0 Å². The summed E-state index contributed by atoms with van der Waals surface area (Å²) in [6.45, 7) is 1.50. The van der Waals surface area contributed by atoms with E-state index in [1.54, 1.807) is 4.98 Å². The maximum Gasteiger partial charge on any atom is 0.330 e. The zero-order chi connectivity index (χ0) is 12.7. The van der Waals surface area contributed by atoms with Crippen LogP contribution in [0.25, 0.3) is 0 Å². The van der Waals surface area contributed by atoms with E-state index in [1.165, 1.54) is 6.92 Å². The van der Waals surface area contributed by atoms with Gasteiger partial charge < -0.3 is 14.9 Å². The highest BCUT2D eigenvalue weighted by Crippen LogP contribution is 2.27. The summed E-state index contributed by atoms with van der Waals surface area (Å²) in [5, 5.41) is 19.1. The molecule has 0 aliphatic carbocycles. The molecule has 0 saturated carbocycles. The summed E-state index contributed by atoms with van der Waals surface area (Å²) >= 11 is 0. The van der Waals surface area contributed by atoms with E-state index in [4.69, 9.17) is 4.74 Å². The summed E-state index contributed by atoms with van der Waals surface area (Å²) in [6, 6.07) is 0. The summed E-state index contributed by atoms with van der Waals surface area (Å²) in [6.07, 6.45) is -3.83. The van der Waals surface area contributed by atoms with Crippen LogP contribution in [0.3, 0.4) is 0 Å². The van der Waals surface area contributed by atoms with Crippen LogP contribution in [0, 0.1) is 5.82 Å². The molecule has 3 N–H and O–H groups in total. The molecule has 1 aromatic heterocycles. The van der Waals surface area contributed by atoms with Crippen molar-refractivity contribution in [1.29, 1.82) is 0 Å². The number of aliphatic hydroxyl groups is 2. The van der Waals surface area contributed by atoms with Gasteiger partial charge in [-0.25, -0.2) is 4.79 Å². The highest BCUT2D eigenvalue weighted by Gasteiger charge is 2.41. The van der Waals surface area contributed by atoms with Crippen molar-refractivity contribution in [2.75, 3.05) is 0 Å². The minimum Gasteiger partial charge on any atom is -0.388 e. The Labute approximate surface area is 94.1 Å². The molecule has 0 aromatic carbocycles. The normalized spacial score (nSPS) is 32.9. The van der Waals surface area contributed by atoms with Crippen molar-refractivity contribution in [3.63, 3.8) is 0 Å². The lowest BCUT2D eigenvalue weighted by atomic mass is 10.1. The van der Waals surface area contributed by atoms with E-state index in [-0.39, 0.29) is 0 Å². The summed E-state index contributed by atoms with van der Waals surface area (Å²) in [5.74, 6) is -1.17. The molecular formula is C9H11FN2O5. The molecule has 2 rings (SSSR count). The van der Waals surface area contributed by atoms with Crippen LogP contribution in [0.4, 0.5) is 4.39 Å². The second-order valence-corrected chi connectivity index (χ2v) is 3.86. The molecule has 1 aliphatic rings. The minimum absolute atomic E-state index is 0.639. The maximum absolute atomic E-state index is 13.0. The molecular weight excluding hydrogens is 238 g/mol. The number of rotatable bonds is 1. The molecule has 1 aliphatic heterocycles. The molecule has 0 bridgehead atoms. The van der Waals surface area contributed by atoms with Gasteiger partial charge in [0, 0.05) is 0 Å². The minimum atomic E-state index is -1.37. The van der Waals surface area contributed by atoms with Gasteiger partial charge >= 0.3 is 5.69 Å². The fraction of sp³-hybridized carbons (Fsp3) is 0.556. The van der Waals surface area contributed by atoms with Crippen LogP contribution in [-0.4, -0.2) is 38.1 Å². The quantitative estimate of drug-likeness (QED) is 0.551. The summed E-state index contributed by atoms with van der Waals surface area (Å²) in [7, 11) is 0. The summed E-state index contributed by atoms with van der Waals surface area (Å²) < 4.78 is 18.9. The van der Waals surface area contributed by atoms with Crippen LogP contribution in [0.15, 0.2) is 15.8 Å². The molecule has 7 nitrogen and oxygen atoms in total. The van der Waals surface area contributed by atoms with Crippen molar-refractivity contribution >= 4 is 0 Å². The number of nitrogens with one attached hydrogen (secondary N) is 1. The lowest BCUT2D eigenvalue weighted by Crippen LogP contribution is -2.38. The second-order valence-electron chi connectivity index (χ2n) is 3.86. The Bertz CT molecular complexity index is 539. The predicted molar refractivity (Wildman–Crippen MR) is 52.9 cm³/mol. The van der Waals surface area contributed by atoms with E-state index in [1.807, 2.05) is 0 Å². The van der Waals surface area contributed by atoms with Crippen molar-refractivity contribution in [1.82, 2.24) is 9.55 Å². The zero-order valence-electron chi connectivity index (χ0n) is 8.83. The second kappa shape index (κ2) is 4.06. The summed E-state index contributed by atoms with van der Waals surface area (Å²) in [5.41, 5.74) is -2.06. The third kappa shape index (κ3) is 1.90. The molecule has 1 fully saturated rings. The molecule has 4 atom stereocenters. The third-order valence-electron chi connectivity index (χ3n) is 2.68. The van der Waals surface area contributed by atoms with E-state index in [9.17, 15) is 24.2 Å². The molecule has 0 radical (unpaired) electrons. The van der Waals surface area contributed by atoms with E-state index >= 15 is 0 Å². The third-order valence-corrected chi connectivity index (χ3v) is 2.68. The van der Waals surface area contributed by atoms with Crippen LogP contribution in [-0.2, 0) is 4.74 Å². The van der Waals surface area contributed by atoms with Gasteiger partial charge in [-0.3, -0.25) is 14.3 Å². The Morgan fingerprint density at radius 1 is 1.41 bits per heavy atom. The molecule has 1 aromatic rings. The van der Waals surface area contributed by atoms with Crippen LogP contribution in [0.5, 0.6) is 0 Å². The van der Waals surface area contributed by atoms with E-state index in [0.717, 1.165) is 0 Å². The Hall–Kier alpha value is -1.51. The van der Waals surface area contributed by atoms with Gasteiger partial charge in [0.1, 0.15) is 12.2 Å². The SMILES string of the molecule is C[C@@H]1O[C@H]([15n]2cc(F)c(=O)[15nH][13c]2=O)C(O)[C@@H]1O. The number of hydrogen-bond acceptors (Lipinski definition) is 5. The van der Waals surface area contributed by atoms with Gasteiger partial charge in [0.15, 0.2) is 6.23 Å². The van der Waals surface area contributed by atoms with Gasteiger partial charge in [-0.05, 0) is 6.92 Å². The number of aromatic amines is 1. The van der Waals surface area contributed by atoms with Gasteiger partial charge in [-0.15, -0.1) is 0 Å². The fourth-order valence-corrected chi connectivity index (χ4v) is 1.71. The number of aliphatic hydroxyl groups excluding tert-OH is 2. The van der Waals surface area contributed by atoms with Crippen LogP contribution >= 0.6 is 0 Å². The number of H-pyrrole nitrogens is 1. The largest absolute Gasteiger partial charge is 0.388 e. The van der Waals surface area contributed by atoms with Crippen molar-refractivity contribution in [3.05, 3.63) is 32.9 Å². The van der Waals surface area contributed by atoms with Crippen LogP contribution in [0.2, 0.25) is 0 Å². The van der Waals surface area contributed by atoms with Gasteiger partial charge in [0.25, 0.3) is 5.56 Å². The number of aromatic nitrogens is 2. The zero-order valence-corrected chi connectivity index (χ0v) is 8.83. The molecule has 8 heteroatoms. The first-order valence-electron chi connectivity index (χ1n) is 4.94. The van der Waals surface area contributed by atoms with Crippen molar-refractivity contribution in [3.8, 4) is 0 Å². The fourth-order valence-electron chi connectivity index (χ4n) is 1.71. The van der Waals surface area contributed by atoms with Gasteiger partial charge in [0.05, 0.1) is 12.3 Å². The lowest BCUT2D eigenvalue weighted by molar-refractivity contribution is -0.0356. The number of hydrogen-bond donors (Lipinski definition) is 3. The topological polar surface area (TPSA) is 105 Å². The average Bonchev–Trinajstić information content (AvgIpc) is 2.51. The molecule has 2 heterocycles. The maximum atomic E-state index is 13.0. The Morgan fingerprint density at radius 3 is 2.59 bits per heavy atom. The van der Waals surface area contributed by atoms with Gasteiger partial charge in [-0.1, -0.05) is 0 Å². The van der Waals surface area contributed by atoms with Crippen molar-refractivity contribution in [2.45, 2.75) is 31.5 Å². The molecule has 1 saturated heterocycles. The lowest BCUT2D eigenvalue weighted by Gasteiger charge is -2.16. The highest BCUT2D eigenvalue weighted by molar-refractivity contribution is 4.93. The first-order valence-corrected chi connectivity index (χ1v) is 4.94. The smallest absolute Gasteiger partial charge is 0.330 e. The van der Waals surface area contributed by atoms with Crippen LogP contribution < -0.4 is 11.2 Å². The molecule has 17 heavy (non-hydrogen) atoms. The number of ether oxygens (including phenoxy) is 1.